The molecule has 0 saturated carbocycles. The molecule has 3 rings (SSSR count). The van der Waals surface area contributed by atoms with Crippen LogP contribution in [0.4, 0.5) is 0 Å². The van der Waals surface area contributed by atoms with Gasteiger partial charge in [-0.1, -0.05) is 23.5 Å². The van der Waals surface area contributed by atoms with Gasteiger partial charge in [0.1, 0.15) is 0 Å². The lowest BCUT2D eigenvalue weighted by Crippen LogP contribution is -2.15. The van der Waals surface area contributed by atoms with Gasteiger partial charge in [0, 0.05) is 13.3 Å². The predicted molar refractivity (Wildman–Crippen MR) is 102 cm³/mol. The standard InChI is InChI=1S/C18H16N2O5S2/c1-20-13-9-8-11(17(22)25-2)10-14(13)26-18(20)19-16(21)12-6-4-5-7-15(12)27(3,23)24/h4-10H,1-3H3. The maximum Gasteiger partial charge on any atom is 0.337 e. The molecule has 3 aromatic rings. The molecule has 0 aliphatic heterocycles. The van der Waals surface area contributed by atoms with Crippen molar-refractivity contribution in [3.05, 3.63) is 58.4 Å². The maximum absolute atomic E-state index is 12.6. The molecule has 0 fully saturated rings. The molecule has 1 aromatic heterocycles. The van der Waals surface area contributed by atoms with E-state index in [9.17, 15) is 18.0 Å². The molecule has 0 spiro atoms. The van der Waals surface area contributed by atoms with Crippen LogP contribution in [0.2, 0.25) is 0 Å². The fraction of sp³-hybridized carbons (Fsp3) is 0.167. The molecule has 1 amide bonds. The van der Waals surface area contributed by atoms with Crippen LogP contribution in [0.5, 0.6) is 0 Å². The molecule has 0 radical (unpaired) electrons. The van der Waals surface area contributed by atoms with E-state index in [1.54, 1.807) is 41.9 Å². The zero-order chi connectivity index (χ0) is 19.8. The highest BCUT2D eigenvalue weighted by Gasteiger charge is 2.18. The van der Waals surface area contributed by atoms with E-state index in [2.05, 4.69) is 4.99 Å². The lowest BCUT2D eigenvalue weighted by molar-refractivity contribution is 0.0600. The van der Waals surface area contributed by atoms with Crippen molar-refractivity contribution < 1.29 is 22.7 Å². The van der Waals surface area contributed by atoms with E-state index in [0.717, 1.165) is 16.5 Å². The highest BCUT2D eigenvalue weighted by molar-refractivity contribution is 7.90. The summed E-state index contributed by atoms with van der Waals surface area (Å²) < 4.78 is 31.0. The number of nitrogens with zero attached hydrogens (tertiary/aromatic N) is 2. The number of fused-ring (bicyclic) bond motifs is 1. The van der Waals surface area contributed by atoms with Crippen molar-refractivity contribution in [1.29, 1.82) is 0 Å². The molecular weight excluding hydrogens is 388 g/mol. The van der Waals surface area contributed by atoms with Crippen molar-refractivity contribution in [3.63, 3.8) is 0 Å². The lowest BCUT2D eigenvalue weighted by atomic mass is 10.2. The first-order valence-electron chi connectivity index (χ1n) is 7.78. The largest absolute Gasteiger partial charge is 0.465 e. The van der Waals surface area contributed by atoms with Crippen molar-refractivity contribution in [1.82, 2.24) is 4.57 Å². The van der Waals surface area contributed by atoms with Crippen LogP contribution in [0, 0.1) is 0 Å². The summed E-state index contributed by atoms with van der Waals surface area (Å²) in [7, 11) is -0.513. The van der Waals surface area contributed by atoms with E-state index in [1.807, 2.05) is 0 Å². The molecule has 0 N–H and O–H groups in total. The summed E-state index contributed by atoms with van der Waals surface area (Å²) in [5.74, 6) is -1.10. The zero-order valence-electron chi connectivity index (χ0n) is 14.8. The van der Waals surface area contributed by atoms with Gasteiger partial charge in [-0.3, -0.25) is 4.79 Å². The van der Waals surface area contributed by atoms with E-state index in [-0.39, 0.29) is 10.5 Å². The molecule has 0 atom stereocenters. The Morgan fingerprint density at radius 1 is 1.15 bits per heavy atom. The van der Waals surface area contributed by atoms with Crippen molar-refractivity contribution in [2.45, 2.75) is 4.90 Å². The highest BCUT2D eigenvalue weighted by Crippen LogP contribution is 2.20. The van der Waals surface area contributed by atoms with E-state index in [4.69, 9.17) is 4.74 Å². The van der Waals surface area contributed by atoms with E-state index < -0.39 is 21.7 Å². The smallest absolute Gasteiger partial charge is 0.337 e. The van der Waals surface area contributed by atoms with Crippen LogP contribution in [-0.4, -0.2) is 38.2 Å². The van der Waals surface area contributed by atoms with E-state index in [0.29, 0.717) is 10.4 Å². The topological polar surface area (TPSA) is 94.8 Å². The molecule has 7 nitrogen and oxygen atoms in total. The number of aromatic nitrogens is 1. The number of rotatable bonds is 3. The average Bonchev–Trinajstić information content (AvgIpc) is 2.95. The highest BCUT2D eigenvalue weighted by atomic mass is 32.2. The molecular formula is C18H16N2O5S2. The molecule has 2 aromatic carbocycles. The van der Waals surface area contributed by atoms with Crippen LogP contribution < -0.4 is 4.80 Å². The summed E-state index contributed by atoms with van der Waals surface area (Å²) in [5.41, 5.74) is 1.20. The second-order valence-corrected chi connectivity index (χ2v) is 8.80. The minimum Gasteiger partial charge on any atom is -0.465 e. The number of hydrogen-bond acceptors (Lipinski definition) is 6. The van der Waals surface area contributed by atoms with Crippen LogP contribution in [0.1, 0.15) is 20.7 Å². The van der Waals surface area contributed by atoms with Crippen molar-refractivity contribution in [2.24, 2.45) is 12.0 Å². The van der Waals surface area contributed by atoms with Gasteiger partial charge < -0.3 is 9.30 Å². The SMILES string of the molecule is COC(=O)c1ccc2c(c1)sc(=NC(=O)c1ccccc1S(C)(=O)=O)n2C. The number of sulfone groups is 1. The number of thiazole rings is 1. The second-order valence-electron chi connectivity index (χ2n) is 5.80. The number of carbonyl (C=O) groups excluding carboxylic acids is 2. The third kappa shape index (κ3) is 3.69. The first kappa shape index (κ1) is 19.0. The molecule has 0 aliphatic carbocycles. The molecule has 0 bridgehead atoms. The summed E-state index contributed by atoms with van der Waals surface area (Å²) in [6, 6.07) is 11.0. The van der Waals surface area contributed by atoms with Crippen LogP contribution in [-0.2, 0) is 21.6 Å². The molecule has 0 unspecified atom stereocenters. The fourth-order valence-electron chi connectivity index (χ4n) is 2.60. The van der Waals surface area contributed by atoms with E-state index >= 15 is 0 Å². The minimum absolute atomic E-state index is 0.0210. The van der Waals surface area contributed by atoms with Crippen LogP contribution in [0.15, 0.2) is 52.4 Å². The Labute approximate surface area is 159 Å². The van der Waals surface area contributed by atoms with Crippen molar-refractivity contribution in [2.75, 3.05) is 13.4 Å². The fourth-order valence-corrected chi connectivity index (χ4v) is 4.54. The number of carbonyl (C=O) groups is 2. The predicted octanol–water partition coefficient (Wildman–Crippen LogP) is 2.17. The average molecular weight is 404 g/mol. The van der Waals surface area contributed by atoms with Gasteiger partial charge in [0.2, 0.25) is 0 Å². The summed E-state index contributed by atoms with van der Waals surface area (Å²) >= 11 is 1.22. The van der Waals surface area contributed by atoms with Gasteiger partial charge in [0.15, 0.2) is 14.6 Å². The van der Waals surface area contributed by atoms with Gasteiger partial charge in [-0.15, -0.1) is 0 Å². The number of benzene rings is 2. The van der Waals surface area contributed by atoms with Crippen LogP contribution >= 0.6 is 11.3 Å². The summed E-state index contributed by atoms with van der Waals surface area (Å²) in [5, 5.41) is 0. The molecule has 0 aliphatic rings. The first-order valence-corrected chi connectivity index (χ1v) is 10.5. The number of methoxy groups -OCH3 is 1. The van der Waals surface area contributed by atoms with Crippen LogP contribution in [0.25, 0.3) is 10.2 Å². The maximum atomic E-state index is 12.6. The van der Waals surface area contributed by atoms with Gasteiger partial charge in [-0.05, 0) is 30.3 Å². The van der Waals surface area contributed by atoms with Gasteiger partial charge >= 0.3 is 5.97 Å². The lowest BCUT2D eigenvalue weighted by Gasteiger charge is -2.03. The first-order chi connectivity index (χ1) is 12.7. The quantitative estimate of drug-likeness (QED) is 0.624. The Morgan fingerprint density at radius 3 is 2.52 bits per heavy atom. The zero-order valence-corrected chi connectivity index (χ0v) is 16.4. The normalized spacial score (nSPS) is 12.3. The number of ether oxygens (including phenoxy) is 1. The monoisotopic (exact) mass is 404 g/mol. The summed E-state index contributed by atoms with van der Waals surface area (Å²) in [6.07, 6.45) is 1.05. The molecule has 140 valence electrons. The Hall–Kier alpha value is -2.78. The van der Waals surface area contributed by atoms with Crippen molar-refractivity contribution >= 4 is 43.3 Å². The third-order valence-corrected chi connectivity index (χ3v) is 6.19. The molecule has 27 heavy (non-hydrogen) atoms. The summed E-state index contributed by atoms with van der Waals surface area (Å²) in [6.45, 7) is 0. The van der Waals surface area contributed by atoms with Gasteiger partial charge in [-0.25, -0.2) is 13.2 Å². The van der Waals surface area contributed by atoms with Gasteiger partial charge in [0.25, 0.3) is 5.91 Å². The Morgan fingerprint density at radius 2 is 1.85 bits per heavy atom. The number of amides is 1. The van der Waals surface area contributed by atoms with Crippen LogP contribution in [0.3, 0.4) is 0 Å². The molecule has 1 heterocycles. The number of esters is 1. The Kier molecular flexibility index (Phi) is 4.99. The Balaban J connectivity index is 2.13. The number of aryl methyl sites for hydroxylation is 1. The molecule has 9 heteroatoms. The third-order valence-electron chi connectivity index (χ3n) is 3.94. The van der Waals surface area contributed by atoms with Gasteiger partial charge in [-0.2, -0.15) is 4.99 Å². The van der Waals surface area contributed by atoms with Crippen molar-refractivity contribution in [3.8, 4) is 0 Å². The number of hydrogen-bond donors (Lipinski definition) is 0. The summed E-state index contributed by atoms with van der Waals surface area (Å²) in [4.78, 5) is 28.7. The minimum atomic E-state index is -3.56. The molecule has 0 saturated heterocycles. The Bertz CT molecular complexity index is 1240. The van der Waals surface area contributed by atoms with Gasteiger partial charge in [0.05, 0.1) is 33.3 Å². The second kappa shape index (κ2) is 7.09. The van der Waals surface area contributed by atoms with E-state index in [1.165, 1.54) is 30.6 Å².